The van der Waals surface area contributed by atoms with Gasteiger partial charge in [-0.15, -0.1) is 0 Å². The van der Waals surface area contributed by atoms with E-state index in [-0.39, 0.29) is 16.6 Å². The van der Waals surface area contributed by atoms with E-state index in [0.717, 1.165) is 11.1 Å². The minimum atomic E-state index is -3.69. The Kier molecular flexibility index (Phi) is 5.89. The van der Waals surface area contributed by atoms with E-state index < -0.39 is 15.3 Å². The maximum atomic E-state index is 13.3. The Balaban J connectivity index is 1.98. The standard InChI is InChI=1S/C24H25NO3S/c1-18-9-13-21(14-10-18)25-23(26)24(3,20-7-5-4-6-8-20)17-29(27,28)22-15-11-19(2)12-16-22/h4-16H,17H2,1-3H3,(H,25,26). The second-order valence-electron chi connectivity index (χ2n) is 7.59. The summed E-state index contributed by atoms with van der Waals surface area (Å²) in [6.07, 6.45) is 0. The molecule has 3 rings (SSSR count). The molecule has 1 atom stereocenters. The fourth-order valence-electron chi connectivity index (χ4n) is 3.20. The van der Waals surface area contributed by atoms with E-state index in [1.807, 2.05) is 56.3 Å². The van der Waals surface area contributed by atoms with Crippen molar-refractivity contribution in [2.75, 3.05) is 11.1 Å². The van der Waals surface area contributed by atoms with E-state index in [1.165, 1.54) is 0 Å². The van der Waals surface area contributed by atoms with Crippen LogP contribution in [0.25, 0.3) is 0 Å². The van der Waals surface area contributed by atoms with Crippen LogP contribution in [-0.2, 0) is 20.0 Å². The molecule has 0 heterocycles. The first-order chi connectivity index (χ1) is 13.7. The third-order valence-corrected chi connectivity index (χ3v) is 7.03. The number of benzene rings is 3. The molecular weight excluding hydrogens is 382 g/mol. The van der Waals surface area contributed by atoms with Crippen LogP contribution >= 0.6 is 0 Å². The lowest BCUT2D eigenvalue weighted by atomic mass is 9.83. The second-order valence-corrected chi connectivity index (χ2v) is 9.58. The van der Waals surface area contributed by atoms with Crippen molar-refractivity contribution in [2.24, 2.45) is 0 Å². The van der Waals surface area contributed by atoms with Gasteiger partial charge in [0, 0.05) is 5.69 Å². The van der Waals surface area contributed by atoms with Crippen LogP contribution in [0.5, 0.6) is 0 Å². The van der Waals surface area contributed by atoms with Gasteiger partial charge in [0.1, 0.15) is 0 Å². The predicted octanol–water partition coefficient (Wildman–Crippen LogP) is 4.67. The number of amides is 1. The number of carbonyl (C=O) groups is 1. The molecule has 1 N–H and O–H groups in total. The summed E-state index contributed by atoms with van der Waals surface area (Å²) in [5.74, 6) is -0.687. The van der Waals surface area contributed by atoms with Crippen LogP contribution in [0.3, 0.4) is 0 Å². The van der Waals surface area contributed by atoms with Crippen LogP contribution < -0.4 is 5.32 Å². The molecule has 0 fully saturated rings. The Morgan fingerprint density at radius 3 is 1.90 bits per heavy atom. The number of hydrogen-bond acceptors (Lipinski definition) is 3. The van der Waals surface area contributed by atoms with Gasteiger partial charge in [0.05, 0.1) is 16.1 Å². The van der Waals surface area contributed by atoms with E-state index >= 15 is 0 Å². The van der Waals surface area contributed by atoms with Gasteiger partial charge in [-0.3, -0.25) is 4.79 Å². The fourth-order valence-corrected chi connectivity index (χ4v) is 4.98. The zero-order chi connectivity index (χ0) is 21.1. The molecule has 0 aliphatic carbocycles. The first-order valence-electron chi connectivity index (χ1n) is 9.44. The first kappa shape index (κ1) is 20.8. The molecule has 0 aliphatic rings. The smallest absolute Gasteiger partial charge is 0.235 e. The summed E-state index contributed by atoms with van der Waals surface area (Å²) in [6.45, 7) is 5.55. The average molecular weight is 408 g/mol. The number of carbonyl (C=O) groups excluding carboxylic acids is 1. The molecule has 0 saturated heterocycles. The van der Waals surface area contributed by atoms with Gasteiger partial charge in [-0.25, -0.2) is 8.42 Å². The molecule has 0 aromatic heterocycles. The van der Waals surface area contributed by atoms with Crippen LogP contribution in [0.2, 0.25) is 0 Å². The molecule has 4 nitrogen and oxygen atoms in total. The van der Waals surface area contributed by atoms with Gasteiger partial charge in [-0.1, -0.05) is 65.7 Å². The lowest BCUT2D eigenvalue weighted by molar-refractivity contribution is -0.120. The van der Waals surface area contributed by atoms with Gasteiger partial charge in [0.2, 0.25) is 5.91 Å². The highest BCUT2D eigenvalue weighted by atomic mass is 32.2. The van der Waals surface area contributed by atoms with Crippen molar-refractivity contribution in [1.29, 1.82) is 0 Å². The van der Waals surface area contributed by atoms with Gasteiger partial charge in [-0.05, 0) is 50.6 Å². The molecule has 0 bridgehead atoms. The minimum Gasteiger partial charge on any atom is -0.325 e. The Bertz CT molecular complexity index is 1090. The molecule has 0 spiro atoms. The van der Waals surface area contributed by atoms with Crippen molar-refractivity contribution < 1.29 is 13.2 Å². The van der Waals surface area contributed by atoms with Gasteiger partial charge < -0.3 is 5.32 Å². The summed E-state index contributed by atoms with van der Waals surface area (Å²) in [5, 5.41) is 2.89. The molecule has 0 radical (unpaired) electrons. The van der Waals surface area contributed by atoms with E-state index in [4.69, 9.17) is 0 Å². The predicted molar refractivity (Wildman–Crippen MR) is 117 cm³/mol. The molecule has 5 heteroatoms. The summed E-state index contributed by atoms with van der Waals surface area (Å²) >= 11 is 0. The zero-order valence-electron chi connectivity index (χ0n) is 16.8. The van der Waals surface area contributed by atoms with Crippen LogP contribution in [0.15, 0.2) is 83.8 Å². The molecule has 29 heavy (non-hydrogen) atoms. The zero-order valence-corrected chi connectivity index (χ0v) is 17.7. The van der Waals surface area contributed by atoms with Crippen LogP contribution in [0.4, 0.5) is 5.69 Å². The van der Waals surface area contributed by atoms with Crippen LogP contribution in [0, 0.1) is 13.8 Å². The molecule has 1 unspecified atom stereocenters. The largest absolute Gasteiger partial charge is 0.325 e. The summed E-state index contributed by atoms with van der Waals surface area (Å²) in [5.41, 5.74) is 2.09. The lowest BCUT2D eigenvalue weighted by Crippen LogP contribution is -2.43. The van der Waals surface area contributed by atoms with E-state index in [9.17, 15) is 13.2 Å². The maximum absolute atomic E-state index is 13.3. The number of aryl methyl sites for hydroxylation is 2. The van der Waals surface area contributed by atoms with Crippen molar-refractivity contribution in [3.8, 4) is 0 Å². The topological polar surface area (TPSA) is 63.2 Å². The minimum absolute atomic E-state index is 0.216. The van der Waals surface area contributed by atoms with Gasteiger partial charge >= 0.3 is 0 Å². The summed E-state index contributed by atoms with van der Waals surface area (Å²) < 4.78 is 26.3. The maximum Gasteiger partial charge on any atom is 0.235 e. The highest BCUT2D eigenvalue weighted by Crippen LogP contribution is 2.30. The monoisotopic (exact) mass is 407 g/mol. The van der Waals surface area contributed by atoms with Gasteiger partial charge in [-0.2, -0.15) is 0 Å². The molecule has 0 aliphatic heterocycles. The quantitative estimate of drug-likeness (QED) is 0.646. The fraction of sp³-hybridized carbons (Fsp3) is 0.208. The van der Waals surface area contributed by atoms with Gasteiger partial charge in [0.15, 0.2) is 9.84 Å². The molecule has 0 saturated carbocycles. The Hall–Kier alpha value is -2.92. The number of hydrogen-bond donors (Lipinski definition) is 1. The Labute approximate surface area is 172 Å². The van der Waals surface area contributed by atoms with E-state index in [0.29, 0.717) is 11.3 Å². The van der Waals surface area contributed by atoms with E-state index in [1.54, 1.807) is 43.3 Å². The van der Waals surface area contributed by atoms with E-state index in [2.05, 4.69) is 5.32 Å². The average Bonchev–Trinajstić information content (AvgIpc) is 2.70. The molecule has 1 amide bonds. The summed E-state index contributed by atoms with van der Waals surface area (Å²) in [6, 6.07) is 23.2. The van der Waals surface area contributed by atoms with Crippen molar-refractivity contribution in [1.82, 2.24) is 0 Å². The number of sulfone groups is 1. The SMILES string of the molecule is Cc1ccc(NC(=O)C(C)(CS(=O)(=O)c2ccc(C)cc2)c2ccccc2)cc1. The number of anilines is 1. The van der Waals surface area contributed by atoms with Crippen molar-refractivity contribution >= 4 is 21.4 Å². The Morgan fingerprint density at radius 2 is 1.34 bits per heavy atom. The first-order valence-corrected chi connectivity index (χ1v) is 11.1. The van der Waals surface area contributed by atoms with Crippen molar-refractivity contribution in [3.05, 3.63) is 95.6 Å². The molecule has 150 valence electrons. The summed E-state index contributed by atoms with van der Waals surface area (Å²) in [7, 11) is -3.69. The third-order valence-electron chi connectivity index (χ3n) is 5.08. The third kappa shape index (κ3) is 4.74. The summed E-state index contributed by atoms with van der Waals surface area (Å²) in [4.78, 5) is 13.5. The van der Waals surface area contributed by atoms with Crippen molar-refractivity contribution in [3.63, 3.8) is 0 Å². The van der Waals surface area contributed by atoms with Crippen LogP contribution in [0.1, 0.15) is 23.6 Å². The second kappa shape index (κ2) is 8.21. The lowest BCUT2D eigenvalue weighted by Gasteiger charge is -2.29. The number of nitrogens with one attached hydrogen (secondary N) is 1. The normalized spacial score (nSPS) is 13.5. The highest BCUT2D eigenvalue weighted by Gasteiger charge is 2.40. The molecular formula is C24H25NO3S. The highest BCUT2D eigenvalue weighted by molar-refractivity contribution is 7.91. The van der Waals surface area contributed by atoms with Crippen molar-refractivity contribution in [2.45, 2.75) is 31.1 Å². The Morgan fingerprint density at radius 1 is 0.828 bits per heavy atom. The molecule has 3 aromatic carbocycles. The number of rotatable bonds is 6. The molecule has 3 aromatic rings. The van der Waals surface area contributed by atoms with Gasteiger partial charge in [0.25, 0.3) is 0 Å². The van der Waals surface area contributed by atoms with Crippen LogP contribution in [-0.4, -0.2) is 20.1 Å².